The Morgan fingerprint density at radius 1 is 1.45 bits per heavy atom. The van der Waals surface area contributed by atoms with Gasteiger partial charge in [0.25, 0.3) is 0 Å². The highest BCUT2D eigenvalue weighted by Crippen LogP contribution is 2.35. The van der Waals surface area contributed by atoms with Gasteiger partial charge >= 0.3 is 0 Å². The first-order chi connectivity index (χ1) is 9.67. The maximum atomic E-state index is 6.20. The van der Waals surface area contributed by atoms with E-state index in [-0.39, 0.29) is 0 Å². The second-order valence-corrected chi connectivity index (χ2v) is 8.07. The van der Waals surface area contributed by atoms with Crippen molar-refractivity contribution in [2.24, 2.45) is 0 Å². The van der Waals surface area contributed by atoms with Crippen LogP contribution in [0.15, 0.2) is 12.1 Å². The third-order valence-electron chi connectivity index (χ3n) is 3.84. The van der Waals surface area contributed by atoms with Gasteiger partial charge in [-0.2, -0.15) is 11.8 Å². The molecule has 3 N–H and O–H groups in total. The van der Waals surface area contributed by atoms with Crippen LogP contribution in [0.1, 0.15) is 31.2 Å². The zero-order valence-electron chi connectivity index (χ0n) is 12.0. The molecule has 1 aliphatic carbocycles. The van der Waals surface area contributed by atoms with E-state index in [9.17, 15) is 0 Å². The van der Waals surface area contributed by atoms with Crippen LogP contribution in [-0.2, 0) is 0 Å². The van der Waals surface area contributed by atoms with Crippen molar-refractivity contribution in [1.82, 2.24) is 4.98 Å². The summed E-state index contributed by atoms with van der Waals surface area (Å²) in [5, 5.41) is 5.47. The number of hydrogen-bond acceptors (Lipinski definition) is 5. The molecule has 20 heavy (non-hydrogen) atoms. The number of nitrogens with one attached hydrogen (secondary N) is 1. The number of nitrogen functional groups attached to an aromatic ring is 1. The monoisotopic (exact) mass is 307 g/mol. The van der Waals surface area contributed by atoms with Gasteiger partial charge in [-0.3, -0.25) is 0 Å². The summed E-state index contributed by atoms with van der Waals surface area (Å²) in [7, 11) is 0. The van der Waals surface area contributed by atoms with Crippen LogP contribution in [0.5, 0.6) is 0 Å². The fourth-order valence-corrected chi connectivity index (χ4v) is 4.99. The summed E-state index contributed by atoms with van der Waals surface area (Å²) in [5.74, 6) is 1.18. The third kappa shape index (κ3) is 2.74. The van der Waals surface area contributed by atoms with E-state index in [0.29, 0.717) is 11.3 Å². The predicted molar refractivity (Wildman–Crippen MR) is 92.0 cm³/mol. The second-order valence-electron chi connectivity index (χ2n) is 5.32. The zero-order chi connectivity index (χ0) is 14.1. The highest BCUT2D eigenvalue weighted by Gasteiger charge is 2.27. The van der Waals surface area contributed by atoms with E-state index in [4.69, 9.17) is 5.73 Å². The van der Waals surface area contributed by atoms with Gasteiger partial charge < -0.3 is 11.1 Å². The predicted octanol–water partition coefficient (Wildman–Crippen LogP) is 4.27. The van der Waals surface area contributed by atoms with Gasteiger partial charge in [-0.1, -0.05) is 13.3 Å². The molecule has 2 unspecified atom stereocenters. The molecule has 3 nitrogen and oxygen atoms in total. The molecule has 5 heteroatoms. The molecular formula is C15H21N3S2. The number of thioether (sulfide) groups is 1. The van der Waals surface area contributed by atoms with Gasteiger partial charge in [0.15, 0.2) is 0 Å². The minimum atomic E-state index is 0.541. The van der Waals surface area contributed by atoms with Crippen LogP contribution in [0.4, 0.5) is 11.4 Å². The number of fused-ring (bicyclic) bond motifs is 1. The minimum absolute atomic E-state index is 0.541. The molecule has 1 aromatic heterocycles. The van der Waals surface area contributed by atoms with Crippen molar-refractivity contribution in [2.75, 3.05) is 16.8 Å². The van der Waals surface area contributed by atoms with Crippen molar-refractivity contribution in [3.63, 3.8) is 0 Å². The minimum Gasteiger partial charge on any atom is -0.397 e. The molecule has 1 saturated carbocycles. The molecule has 108 valence electrons. The molecule has 0 aliphatic heterocycles. The summed E-state index contributed by atoms with van der Waals surface area (Å²) in [6.07, 6.45) is 3.87. The van der Waals surface area contributed by atoms with Gasteiger partial charge in [0.05, 0.1) is 26.6 Å². The molecule has 0 bridgehead atoms. The van der Waals surface area contributed by atoms with Crippen LogP contribution in [0.25, 0.3) is 10.2 Å². The standard InChI is InChI=1S/C15H21N3S2/c1-3-19-14-6-4-5-11(14)18-12-8-13-15(7-10(12)16)20-9(2)17-13/h7-8,11,14,18H,3-6,16H2,1-2H3. The number of benzene rings is 1. The second kappa shape index (κ2) is 5.82. The van der Waals surface area contributed by atoms with Crippen LogP contribution < -0.4 is 11.1 Å². The van der Waals surface area contributed by atoms with E-state index in [2.05, 4.69) is 41.1 Å². The molecule has 1 fully saturated rings. The number of rotatable bonds is 4. The summed E-state index contributed by atoms with van der Waals surface area (Å²) >= 11 is 3.77. The molecule has 0 saturated heterocycles. The molecule has 3 rings (SSSR count). The quantitative estimate of drug-likeness (QED) is 0.828. The van der Waals surface area contributed by atoms with E-state index < -0.39 is 0 Å². The summed E-state index contributed by atoms with van der Waals surface area (Å²) < 4.78 is 1.18. The lowest BCUT2D eigenvalue weighted by atomic mass is 10.2. The van der Waals surface area contributed by atoms with E-state index in [1.807, 2.05) is 6.92 Å². The Labute approximate surface area is 128 Å². The highest BCUT2D eigenvalue weighted by molar-refractivity contribution is 7.99. The van der Waals surface area contributed by atoms with Crippen molar-refractivity contribution in [2.45, 2.75) is 44.4 Å². The fraction of sp³-hybridized carbons (Fsp3) is 0.533. The number of aryl methyl sites for hydroxylation is 1. The first kappa shape index (κ1) is 14.0. The van der Waals surface area contributed by atoms with E-state index in [0.717, 1.165) is 21.9 Å². The third-order valence-corrected chi connectivity index (χ3v) is 6.10. The van der Waals surface area contributed by atoms with Crippen molar-refractivity contribution in [3.8, 4) is 0 Å². The molecule has 0 radical (unpaired) electrons. The molecule has 1 aromatic carbocycles. The number of thiazole rings is 1. The summed E-state index contributed by atoms with van der Waals surface area (Å²) in [4.78, 5) is 4.56. The number of nitrogens with zero attached hydrogens (tertiary/aromatic N) is 1. The van der Waals surface area contributed by atoms with Crippen molar-refractivity contribution in [1.29, 1.82) is 0 Å². The van der Waals surface area contributed by atoms with Crippen LogP contribution >= 0.6 is 23.1 Å². The molecule has 1 heterocycles. The summed E-state index contributed by atoms with van der Waals surface area (Å²) in [6, 6.07) is 4.71. The summed E-state index contributed by atoms with van der Waals surface area (Å²) in [5.41, 5.74) is 9.15. The van der Waals surface area contributed by atoms with Crippen LogP contribution in [-0.4, -0.2) is 22.0 Å². The SMILES string of the molecule is CCSC1CCCC1Nc1cc2nc(C)sc2cc1N. The Kier molecular flexibility index (Phi) is 4.08. The Balaban J connectivity index is 1.84. The first-order valence-corrected chi connectivity index (χ1v) is 9.08. The van der Waals surface area contributed by atoms with Gasteiger partial charge in [-0.15, -0.1) is 11.3 Å². The van der Waals surface area contributed by atoms with E-state index >= 15 is 0 Å². The molecule has 2 aromatic rings. The van der Waals surface area contributed by atoms with E-state index in [1.54, 1.807) is 11.3 Å². The van der Waals surface area contributed by atoms with Crippen LogP contribution in [0, 0.1) is 6.92 Å². The smallest absolute Gasteiger partial charge is 0.0907 e. The number of anilines is 2. The van der Waals surface area contributed by atoms with Crippen molar-refractivity contribution >= 4 is 44.7 Å². The Bertz CT molecular complexity index is 608. The normalized spacial score (nSPS) is 22.5. The lowest BCUT2D eigenvalue weighted by Crippen LogP contribution is -2.26. The van der Waals surface area contributed by atoms with Crippen molar-refractivity contribution < 1.29 is 0 Å². The number of aromatic nitrogens is 1. The van der Waals surface area contributed by atoms with Crippen molar-refractivity contribution in [3.05, 3.63) is 17.1 Å². The van der Waals surface area contributed by atoms with Crippen LogP contribution in [0.2, 0.25) is 0 Å². The lowest BCUT2D eigenvalue weighted by Gasteiger charge is -2.22. The molecule has 0 amide bonds. The van der Waals surface area contributed by atoms with Gasteiger partial charge in [-0.25, -0.2) is 4.98 Å². The van der Waals surface area contributed by atoms with Gasteiger partial charge in [-0.05, 0) is 37.7 Å². The molecular weight excluding hydrogens is 286 g/mol. The van der Waals surface area contributed by atoms with Gasteiger partial charge in [0.2, 0.25) is 0 Å². The molecule has 0 spiro atoms. The maximum Gasteiger partial charge on any atom is 0.0907 e. The number of hydrogen-bond donors (Lipinski definition) is 2. The average molecular weight is 307 g/mol. The van der Waals surface area contributed by atoms with Crippen LogP contribution in [0.3, 0.4) is 0 Å². The lowest BCUT2D eigenvalue weighted by molar-refractivity contribution is 0.768. The van der Waals surface area contributed by atoms with Gasteiger partial charge in [0, 0.05) is 11.3 Å². The van der Waals surface area contributed by atoms with E-state index in [1.165, 1.54) is 29.7 Å². The molecule has 1 aliphatic rings. The Morgan fingerprint density at radius 2 is 2.30 bits per heavy atom. The zero-order valence-corrected chi connectivity index (χ0v) is 13.6. The average Bonchev–Trinajstić information content (AvgIpc) is 2.97. The maximum absolute atomic E-state index is 6.20. The number of nitrogens with two attached hydrogens (primary N) is 1. The largest absolute Gasteiger partial charge is 0.397 e. The summed E-state index contributed by atoms with van der Waals surface area (Å²) in [6.45, 7) is 4.28. The molecule has 2 atom stereocenters. The topological polar surface area (TPSA) is 50.9 Å². The Morgan fingerprint density at radius 3 is 3.10 bits per heavy atom. The van der Waals surface area contributed by atoms with Gasteiger partial charge in [0.1, 0.15) is 0 Å². The first-order valence-electron chi connectivity index (χ1n) is 7.22. The Hall–Kier alpha value is -0.940. The highest BCUT2D eigenvalue weighted by atomic mass is 32.2. The fourth-order valence-electron chi connectivity index (χ4n) is 2.93.